The molecule has 0 aliphatic carbocycles. The van der Waals surface area contributed by atoms with E-state index < -0.39 is 0 Å². The van der Waals surface area contributed by atoms with Crippen LogP contribution in [0.4, 0.5) is 0 Å². The molecule has 1 amide bonds. The van der Waals surface area contributed by atoms with E-state index in [1.165, 1.54) is 17.7 Å². The number of benzene rings is 1. The molecule has 1 aromatic heterocycles. The lowest BCUT2D eigenvalue weighted by molar-refractivity contribution is 0.0938. The number of amides is 1. The summed E-state index contributed by atoms with van der Waals surface area (Å²) in [6, 6.07) is 11.9. The average molecular weight is 344 g/mol. The highest BCUT2D eigenvalue weighted by Gasteiger charge is 2.24. The second-order valence-electron chi connectivity index (χ2n) is 5.95. The van der Waals surface area contributed by atoms with Crippen LogP contribution in [-0.2, 0) is 0 Å². The molecule has 1 saturated heterocycles. The van der Waals surface area contributed by atoms with Crippen LogP contribution in [0.5, 0.6) is 5.75 Å². The minimum Gasteiger partial charge on any atom is -0.494 e. The zero-order valence-electron chi connectivity index (χ0n) is 14.0. The molecular weight excluding hydrogens is 320 g/mol. The van der Waals surface area contributed by atoms with Gasteiger partial charge in [-0.05, 0) is 62.5 Å². The molecule has 24 heavy (non-hydrogen) atoms. The van der Waals surface area contributed by atoms with Gasteiger partial charge in [0.05, 0.1) is 12.6 Å². The van der Waals surface area contributed by atoms with Crippen molar-refractivity contribution in [3.63, 3.8) is 0 Å². The number of nitrogens with one attached hydrogen (secondary N) is 1. The number of likely N-dealkylation sites (tertiary alicyclic amines) is 1. The molecule has 0 saturated carbocycles. The second kappa shape index (κ2) is 8.31. The smallest absolute Gasteiger partial charge is 0.251 e. The summed E-state index contributed by atoms with van der Waals surface area (Å²) >= 11 is 1.76. The van der Waals surface area contributed by atoms with Gasteiger partial charge in [0, 0.05) is 17.0 Å². The van der Waals surface area contributed by atoms with Gasteiger partial charge in [0.1, 0.15) is 5.75 Å². The van der Waals surface area contributed by atoms with Crippen molar-refractivity contribution in [3.05, 3.63) is 52.2 Å². The Morgan fingerprint density at radius 2 is 2.12 bits per heavy atom. The van der Waals surface area contributed by atoms with E-state index in [0.717, 1.165) is 18.8 Å². The first-order chi connectivity index (χ1) is 11.8. The number of carbonyl (C=O) groups excluding carboxylic acids is 1. The van der Waals surface area contributed by atoms with Gasteiger partial charge in [-0.2, -0.15) is 0 Å². The van der Waals surface area contributed by atoms with Crippen molar-refractivity contribution in [2.24, 2.45) is 0 Å². The van der Waals surface area contributed by atoms with Crippen LogP contribution in [0.2, 0.25) is 0 Å². The summed E-state index contributed by atoms with van der Waals surface area (Å²) in [5.41, 5.74) is 0.646. The molecule has 0 unspecified atom stereocenters. The summed E-state index contributed by atoms with van der Waals surface area (Å²) < 4.78 is 5.48. The summed E-state index contributed by atoms with van der Waals surface area (Å²) in [7, 11) is 0. The third kappa shape index (κ3) is 4.16. The Kier molecular flexibility index (Phi) is 5.88. The molecule has 1 atom stereocenters. The minimum absolute atomic E-state index is 0.0442. The number of hydrogen-bond donors (Lipinski definition) is 1. The maximum atomic E-state index is 12.5. The maximum Gasteiger partial charge on any atom is 0.251 e. The van der Waals surface area contributed by atoms with Crippen molar-refractivity contribution in [3.8, 4) is 5.75 Å². The lowest BCUT2D eigenvalue weighted by Crippen LogP contribution is -2.36. The van der Waals surface area contributed by atoms with Crippen LogP contribution in [0.15, 0.2) is 41.8 Å². The van der Waals surface area contributed by atoms with E-state index in [9.17, 15) is 4.79 Å². The van der Waals surface area contributed by atoms with E-state index in [-0.39, 0.29) is 11.9 Å². The number of ether oxygens (including phenoxy) is 1. The highest BCUT2D eigenvalue weighted by atomic mass is 32.1. The molecule has 3 rings (SSSR count). The highest BCUT2D eigenvalue weighted by Crippen LogP contribution is 2.28. The molecule has 1 fully saturated rings. The van der Waals surface area contributed by atoms with E-state index in [1.54, 1.807) is 17.4 Å². The average Bonchev–Trinajstić information content (AvgIpc) is 3.30. The Morgan fingerprint density at radius 3 is 2.83 bits per heavy atom. The van der Waals surface area contributed by atoms with Crippen molar-refractivity contribution < 1.29 is 9.53 Å². The standard InChI is InChI=1S/C19H24N2O2S/c1-2-23-16-8-5-7-15(13-16)19(22)20-14-17(18-9-6-12-24-18)21-10-3-4-11-21/h5-9,12-13,17H,2-4,10-11,14H2,1H3,(H,20,22)/t17-/m1/s1. The molecule has 0 radical (unpaired) electrons. The van der Waals surface area contributed by atoms with Crippen LogP contribution < -0.4 is 10.1 Å². The first-order valence-corrected chi connectivity index (χ1v) is 9.44. The molecule has 1 aliphatic rings. The molecule has 2 aromatic rings. The summed E-state index contributed by atoms with van der Waals surface area (Å²) in [5.74, 6) is 0.691. The zero-order valence-corrected chi connectivity index (χ0v) is 14.8. The molecule has 0 spiro atoms. The quantitative estimate of drug-likeness (QED) is 0.832. The second-order valence-corrected chi connectivity index (χ2v) is 6.92. The third-order valence-electron chi connectivity index (χ3n) is 4.32. The summed E-state index contributed by atoms with van der Waals surface area (Å²) in [6.45, 7) is 5.39. The fourth-order valence-corrected chi connectivity index (χ4v) is 3.99. The fourth-order valence-electron chi connectivity index (χ4n) is 3.13. The van der Waals surface area contributed by atoms with Crippen LogP contribution >= 0.6 is 11.3 Å². The first kappa shape index (κ1) is 17.0. The molecule has 1 aromatic carbocycles. The van der Waals surface area contributed by atoms with Gasteiger partial charge in [-0.15, -0.1) is 11.3 Å². The topological polar surface area (TPSA) is 41.6 Å². The van der Waals surface area contributed by atoms with Crippen LogP contribution in [0.1, 0.15) is 41.0 Å². The number of thiophene rings is 1. The van der Waals surface area contributed by atoms with Crippen molar-refractivity contribution in [1.82, 2.24) is 10.2 Å². The summed E-state index contributed by atoms with van der Waals surface area (Å²) in [5, 5.41) is 5.21. The van der Waals surface area contributed by atoms with Crippen molar-refractivity contribution >= 4 is 17.2 Å². The highest BCUT2D eigenvalue weighted by molar-refractivity contribution is 7.10. The van der Waals surface area contributed by atoms with Gasteiger partial charge in [-0.3, -0.25) is 9.69 Å². The van der Waals surface area contributed by atoms with Gasteiger partial charge in [-0.25, -0.2) is 0 Å². The summed E-state index contributed by atoms with van der Waals surface area (Å²) in [6.07, 6.45) is 2.48. The van der Waals surface area contributed by atoms with Crippen molar-refractivity contribution in [2.45, 2.75) is 25.8 Å². The zero-order chi connectivity index (χ0) is 16.8. The number of nitrogens with zero attached hydrogens (tertiary/aromatic N) is 1. The van der Waals surface area contributed by atoms with Crippen molar-refractivity contribution in [1.29, 1.82) is 0 Å². The number of rotatable bonds is 7. The lowest BCUT2D eigenvalue weighted by atomic mass is 10.1. The maximum absolute atomic E-state index is 12.5. The van der Waals surface area contributed by atoms with Gasteiger partial charge in [0.25, 0.3) is 5.91 Å². The van der Waals surface area contributed by atoms with Crippen LogP contribution in [0.25, 0.3) is 0 Å². The Balaban J connectivity index is 1.65. The molecule has 0 bridgehead atoms. The molecule has 2 heterocycles. The van der Waals surface area contributed by atoms with Crippen LogP contribution in [0.3, 0.4) is 0 Å². The van der Waals surface area contributed by atoms with Gasteiger partial charge >= 0.3 is 0 Å². The Morgan fingerprint density at radius 1 is 1.29 bits per heavy atom. The number of hydrogen-bond acceptors (Lipinski definition) is 4. The SMILES string of the molecule is CCOc1cccc(C(=O)NC[C@H](c2cccs2)N2CCCC2)c1. The first-order valence-electron chi connectivity index (χ1n) is 8.56. The van der Waals surface area contributed by atoms with E-state index in [2.05, 4.69) is 27.7 Å². The summed E-state index contributed by atoms with van der Waals surface area (Å²) in [4.78, 5) is 16.3. The minimum atomic E-state index is -0.0442. The Bertz CT molecular complexity index is 651. The molecular formula is C19H24N2O2S. The fraction of sp³-hybridized carbons (Fsp3) is 0.421. The molecule has 1 N–H and O–H groups in total. The third-order valence-corrected chi connectivity index (χ3v) is 5.29. The Hall–Kier alpha value is -1.85. The largest absolute Gasteiger partial charge is 0.494 e. The number of carbonyl (C=O) groups is 1. The Labute approximate surface area is 147 Å². The molecule has 128 valence electrons. The monoisotopic (exact) mass is 344 g/mol. The molecule has 4 nitrogen and oxygen atoms in total. The van der Waals surface area contributed by atoms with E-state index >= 15 is 0 Å². The van der Waals surface area contributed by atoms with Gasteiger partial charge in [-0.1, -0.05) is 12.1 Å². The van der Waals surface area contributed by atoms with Gasteiger partial charge < -0.3 is 10.1 Å². The molecule has 1 aliphatic heterocycles. The van der Waals surface area contributed by atoms with E-state index in [4.69, 9.17) is 4.74 Å². The van der Waals surface area contributed by atoms with Gasteiger partial charge in [0.2, 0.25) is 0 Å². The van der Waals surface area contributed by atoms with Gasteiger partial charge in [0.15, 0.2) is 0 Å². The van der Waals surface area contributed by atoms with Crippen LogP contribution in [-0.4, -0.2) is 37.0 Å². The predicted molar refractivity (Wildman–Crippen MR) is 97.8 cm³/mol. The van der Waals surface area contributed by atoms with Crippen LogP contribution in [0, 0.1) is 0 Å². The van der Waals surface area contributed by atoms with E-state index in [1.807, 2.05) is 25.1 Å². The molecule has 5 heteroatoms. The van der Waals surface area contributed by atoms with Crippen molar-refractivity contribution in [2.75, 3.05) is 26.2 Å². The lowest BCUT2D eigenvalue weighted by Gasteiger charge is -2.27. The predicted octanol–water partition coefficient (Wildman–Crippen LogP) is 3.71. The normalized spacial score (nSPS) is 16.0. The van der Waals surface area contributed by atoms with E-state index in [0.29, 0.717) is 18.7 Å².